The zero-order chi connectivity index (χ0) is 19.5. The highest BCUT2D eigenvalue weighted by Crippen LogP contribution is 2.37. The summed E-state index contributed by atoms with van der Waals surface area (Å²) in [5.74, 6) is 0.00978. The number of benzene rings is 3. The zero-order valence-corrected chi connectivity index (χ0v) is 16.7. The fraction of sp³-hybridized carbons (Fsp3) is 0.280. The minimum atomic E-state index is -0.778. The first kappa shape index (κ1) is 19.2. The molecule has 3 aromatic carbocycles. The van der Waals surface area contributed by atoms with Crippen LogP contribution in [0, 0.1) is 5.41 Å². The molecule has 3 rings (SSSR count). The Morgan fingerprint density at radius 2 is 1.52 bits per heavy atom. The quantitative estimate of drug-likeness (QED) is 0.448. The van der Waals surface area contributed by atoms with Crippen molar-refractivity contribution in [3.63, 3.8) is 0 Å². The molecule has 0 amide bonds. The van der Waals surface area contributed by atoms with Crippen LogP contribution < -0.4 is 4.74 Å². The average Bonchev–Trinajstić information content (AvgIpc) is 2.66. The Balaban J connectivity index is 1.84. The van der Waals surface area contributed by atoms with Crippen molar-refractivity contribution in [2.45, 2.75) is 40.1 Å². The van der Waals surface area contributed by atoms with Crippen molar-refractivity contribution >= 4 is 16.8 Å². The fourth-order valence-corrected chi connectivity index (χ4v) is 2.93. The van der Waals surface area contributed by atoms with Gasteiger partial charge in [0.15, 0.2) is 0 Å². The highest BCUT2D eigenvalue weighted by Gasteiger charge is 2.41. The largest absolute Gasteiger partial charge is 0.462 e. The van der Waals surface area contributed by atoms with Gasteiger partial charge < -0.3 is 9.47 Å². The molecule has 3 aromatic rings. The highest BCUT2D eigenvalue weighted by molar-refractivity contribution is 5.85. The van der Waals surface area contributed by atoms with Gasteiger partial charge in [-0.25, -0.2) is 0 Å². The van der Waals surface area contributed by atoms with Crippen LogP contribution in [0.4, 0.5) is 0 Å². The average molecular weight is 360 g/mol. The van der Waals surface area contributed by atoms with E-state index in [0.29, 0.717) is 6.61 Å². The predicted octanol–water partition coefficient (Wildman–Crippen LogP) is 6.84. The SMILES string of the molecule is C=Cc1ccc(OC(C)(OCc2cccc3ccccc23)C(C)(C)C)cc1. The van der Waals surface area contributed by atoms with Crippen LogP contribution in [-0.2, 0) is 11.3 Å². The topological polar surface area (TPSA) is 18.5 Å². The monoisotopic (exact) mass is 360 g/mol. The first-order valence-corrected chi connectivity index (χ1v) is 9.34. The van der Waals surface area contributed by atoms with E-state index in [1.54, 1.807) is 0 Å². The Morgan fingerprint density at radius 1 is 0.852 bits per heavy atom. The zero-order valence-electron chi connectivity index (χ0n) is 16.7. The second-order valence-electron chi connectivity index (χ2n) is 8.00. The van der Waals surface area contributed by atoms with E-state index in [2.05, 4.69) is 69.8 Å². The Morgan fingerprint density at radius 3 is 2.19 bits per heavy atom. The molecule has 0 spiro atoms. The first-order chi connectivity index (χ1) is 12.8. The smallest absolute Gasteiger partial charge is 0.212 e. The van der Waals surface area contributed by atoms with E-state index in [9.17, 15) is 0 Å². The van der Waals surface area contributed by atoms with Gasteiger partial charge in [-0.15, -0.1) is 0 Å². The van der Waals surface area contributed by atoms with Gasteiger partial charge in [-0.05, 0) is 34.0 Å². The standard InChI is InChI=1S/C25H28O2/c1-6-19-14-16-22(17-15-19)27-25(5,24(2,3)4)26-18-21-12-9-11-20-10-7-8-13-23(20)21/h6-17H,1,18H2,2-5H3. The van der Waals surface area contributed by atoms with Crippen LogP contribution >= 0.6 is 0 Å². The Kier molecular flexibility index (Phi) is 5.38. The third kappa shape index (κ3) is 4.23. The number of ether oxygens (including phenoxy) is 2. The maximum atomic E-state index is 6.41. The van der Waals surface area contributed by atoms with Gasteiger partial charge in [0.1, 0.15) is 5.75 Å². The molecule has 2 nitrogen and oxygen atoms in total. The molecule has 1 atom stereocenters. The van der Waals surface area contributed by atoms with Gasteiger partial charge in [0.2, 0.25) is 5.79 Å². The molecule has 0 aliphatic carbocycles. The maximum absolute atomic E-state index is 6.41. The molecule has 0 heterocycles. The van der Waals surface area contributed by atoms with Gasteiger partial charge in [0.25, 0.3) is 0 Å². The molecular formula is C25H28O2. The number of rotatable bonds is 6. The van der Waals surface area contributed by atoms with Crippen LogP contribution in [0.2, 0.25) is 0 Å². The number of fused-ring (bicyclic) bond motifs is 1. The van der Waals surface area contributed by atoms with Crippen molar-refractivity contribution in [1.29, 1.82) is 0 Å². The lowest BCUT2D eigenvalue weighted by Crippen LogP contribution is -2.47. The summed E-state index contributed by atoms with van der Waals surface area (Å²) < 4.78 is 12.7. The molecule has 140 valence electrons. The molecule has 1 unspecified atom stereocenters. The molecule has 0 aliphatic rings. The molecule has 0 N–H and O–H groups in total. The Hall–Kier alpha value is -2.58. The first-order valence-electron chi connectivity index (χ1n) is 9.34. The van der Waals surface area contributed by atoms with Crippen molar-refractivity contribution in [2.75, 3.05) is 0 Å². The molecule has 2 heteroatoms. The van der Waals surface area contributed by atoms with E-state index in [0.717, 1.165) is 16.9 Å². The predicted molar refractivity (Wildman–Crippen MR) is 114 cm³/mol. The lowest BCUT2D eigenvalue weighted by atomic mass is 9.86. The van der Waals surface area contributed by atoms with E-state index in [1.165, 1.54) is 10.8 Å². The Labute approximate surface area is 162 Å². The van der Waals surface area contributed by atoms with Gasteiger partial charge in [-0.2, -0.15) is 0 Å². The van der Waals surface area contributed by atoms with Crippen LogP contribution in [0.1, 0.15) is 38.8 Å². The lowest BCUT2D eigenvalue weighted by molar-refractivity contribution is -0.236. The van der Waals surface area contributed by atoms with E-state index < -0.39 is 5.79 Å². The second kappa shape index (κ2) is 7.58. The van der Waals surface area contributed by atoms with E-state index in [1.807, 2.05) is 37.3 Å². The summed E-state index contributed by atoms with van der Waals surface area (Å²) in [4.78, 5) is 0. The van der Waals surface area contributed by atoms with Crippen LogP contribution in [0.25, 0.3) is 16.8 Å². The summed E-state index contributed by atoms with van der Waals surface area (Å²) in [5.41, 5.74) is 2.01. The molecule has 0 radical (unpaired) electrons. The third-order valence-electron chi connectivity index (χ3n) is 5.17. The van der Waals surface area contributed by atoms with Crippen LogP contribution in [0.3, 0.4) is 0 Å². The molecule has 0 saturated carbocycles. The summed E-state index contributed by atoms with van der Waals surface area (Å²) in [6.07, 6.45) is 1.82. The molecule has 27 heavy (non-hydrogen) atoms. The van der Waals surface area contributed by atoms with Crippen LogP contribution in [-0.4, -0.2) is 5.79 Å². The van der Waals surface area contributed by atoms with Crippen molar-refractivity contribution in [3.8, 4) is 5.75 Å². The van der Waals surface area contributed by atoms with Crippen molar-refractivity contribution in [3.05, 3.63) is 84.4 Å². The summed E-state index contributed by atoms with van der Waals surface area (Å²) in [7, 11) is 0. The van der Waals surface area contributed by atoms with Crippen LogP contribution in [0.15, 0.2) is 73.3 Å². The summed E-state index contributed by atoms with van der Waals surface area (Å²) >= 11 is 0. The van der Waals surface area contributed by atoms with Crippen molar-refractivity contribution in [1.82, 2.24) is 0 Å². The summed E-state index contributed by atoms with van der Waals surface area (Å²) in [5, 5.41) is 2.43. The fourth-order valence-electron chi connectivity index (χ4n) is 2.93. The van der Waals surface area contributed by atoms with E-state index in [-0.39, 0.29) is 5.41 Å². The Bertz CT molecular complexity index is 914. The van der Waals surface area contributed by atoms with Crippen molar-refractivity contribution in [2.24, 2.45) is 5.41 Å². The molecule has 0 fully saturated rings. The highest BCUT2D eigenvalue weighted by atomic mass is 16.7. The molecule has 0 bridgehead atoms. The van der Waals surface area contributed by atoms with Gasteiger partial charge in [0, 0.05) is 12.3 Å². The van der Waals surface area contributed by atoms with Gasteiger partial charge in [-0.3, -0.25) is 0 Å². The van der Waals surface area contributed by atoms with E-state index >= 15 is 0 Å². The van der Waals surface area contributed by atoms with Crippen LogP contribution in [0.5, 0.6) is 5.75 Å². The molecule has 0 aromatic heterocycles. The minimum absolute atomic E-state index is 0.214. The number of hydrogen-bond acceptors (Lipinski definition) is 2. The minimum Gasteiger partial charge on any atom is -0.462 e. The van der Waals surface area contributed by atoms with E-state index in [4.69, 9.17) is 9.47 Å². The number of hydrogen-bond donors (Lipinski definition) is 0. The maximum Gasteiger partial charge on any atom is 0.212 e. The lowest BCUT2D eigenvalue weighted by Gasteiger charge is -2.41. The molecular weight excluding hydrogens is 332 g/mol. The van der Waals surface area contributed by atoms with Crippen molar-refractivity contribution < 1.29 is 9.47 Å². The van der Waals surface area contributed by atoms with Gasteiger partial charge in [-0.1, -0.05) is 88.0 Å². The normalized spacial score (nSPS) is 13.9. The third-order valence-corrected chi connectivity index (χ3v) is 5.17. The van der Waals surface area contributed by atoms with Gasteiger partial charge >= 0.3 is 0 Å². The second-order valence-corrected chi connectivity index (χ2v) is 8.00. The van der Waals surface area contributed by atoms with Gasteiger partial charge in [0.05, 0.1) is 6.61 Å². The molecule has 0 saturated heterocycles. The summed E-state index contributed by atoms with van der Waals surface area (Å²) in [6, 6.07) is 22.6. The molecule has 0 aliphatic heterocycles. The summed E-state index contributed by atoms with van der Waals surface area (Å²) in [6.45, 7) is 12.7.